The van der Waals surface area contributed by atoms with Gasteiger partial charge in [0.25, 0.3) is 5.91 Å². The molecule has 1 aliphatic heterocycles. The standard InChI is InChI=1S/C25H27N9O2/c26-12-25(5-6-25)13-36-24-30-21(22(35)28-18-11-15-10-17(15)18)29-23(31-24)34-8-3-14(4-9-34)19-16-2-1-7-27-20(16)33-32-19/h1-2,7,14-15,17-18H,3-6,8-11,13H2,(H,28,35)(H,27,32,33). The second kappa shape index (κ2) is 8.11. The van der Waals surface area contributed by atoms with Crippen molar-refractivity contribution in [2.75, 3.05) is 24.6 Å². The average molecular weight is 486 g/mol. The molecule has 184 valence electrons. The van der Waals surface area contributed by atoms with Crippen molar-refractivity contribution in [2.45, 2.75) is 50.5 Å². The van der Waals surface area contributed by atoms with Gasteiger partial charge in [-0.05, 0) is 62.5 Å². The summed E-state index contributed by atoms with van der Waals surface area (Å²) in [5.74, 6) is 1.96. The van der Waals surface area contributed by atoms with Crippen molar-refractivity contribution >= 4 is 22.9 Å². The van der Waals surface area contributed by atoms with E-state index in [1.54, 1.807) is 6.20 Å². The summed E-state index contributed by atoms with van der Waals surface area (Å²) < 4.78 is 5.84. The van der Waals surface area contributed by atoms with E-state index < -0.39 is 5.41 Å². The van der Waals surface area contributed by atoms with Gasteiger partial charge in [-0.2, -0.15) is 25.3 Å². The van der Waals surface area contributed by atoms with Gasteiger partial charge in [0.2, 0.25) is 11.8 Å². The molecule has 0 bridgehead atoms. The Labute approximate surface area is 207 Å². The number of rotatable bonds is 7. The molecule has 3 atom stereocenters. The number of nitrogens with zero attached hydrogens (tertiary/aromatic N) is 7. The van der Waals surface area contributed by atoms with Crippen molar-refractivity contribution in [3.8, 4) is 12.1 Å². The zero-order valence-electron chi connectivity index (χ0n) is 19.9. The molecule has 4 fully saturated rings. The zero-order chi connectivity index (χ0) is 24.3. The maximum Gasteiger partial charge on any atom is 0.322 e. The number of amides is 1. The van der Waals surface area contributed by atoms with Crippen LogP contribution >= 0.6 is 0 Å². The summed E-state index contributed by atoms with van der Waals surface area (Å²) in [6.45, 7) is 1.68. The highest BCUT2D eigenvalue weighted by Gasteiger charge is 2.54. The summed E-state index contributed by atoms with van der Waals surface area (Å²) in [5.41, 5.74) is 1.39. The van der Waals surface area contributed by atoms with E-state index in [-0.39, 0.29) is 30.4 Å². The SMILES string of the molecule is N#CC1(COc2nc(C(=O)NC3CC4CC43)nc(N3CCC(c4[nH]nc5ncccc45)CC3)n2)CC1. The number of piperidine rings is 1. The van der Waals surface area contributed by atoms with Crippen LogP contribution in [0.1, 0.15) is 60.8 Å². The van der Waals surface area contributed by atoms with Gasteiger partial charge in [-0.3, -0.25) is 9.89 Å². The monoisotopic (exact) mass is 485 g/mol. The van der Waals surface area contributed by atoms with Crippen molar-refractivity contribution in [1.29, 1.82) is 5.26 Å². The maximum absolute atomic E-state index is 13.0. The molecule has 11 nitrogen and oxygen atoms in total. The molecule has 1 saturated heterocycles. The van der Waals surface area contributed by atoms with E-state index in [0.29, 0.717) is 17.8 Å². The van der Waals surface area contributed by atoms with Crippen LogP contribution in [0.25, 0.3) is 11.0 Å². The van der Waals surface area contributed by atoms with Crippen molar-refractivity contribution in [3.05, 3.63) is 29.8 Å². The van der Waals surface area contributed by atoms with Crippen LogP contribution in [-0.4, -0.2) is 61.8 Å². The third kappa shape index (κ3) is 3.81. The van der Waals surface area contributed by atoms with Gasteiger partial charge >= 0.3 is 6.01 Å². The van der Waals surface area contributed by atoms with Gasteiger partial charge in [0, 0.05) is 42.3 Å². The Bertz CT molecular complexity index is 1370. The smallest absolute Gasteiger partial charge is 0.322 e. The molecule has 0 spiro atoms. The molecule has 0 radical (unpaired) electrons. The number of hydrogen-bond donors (Lipinski definition) is 2. The van der Waals surface area contributed by atoms with Gasteiger partial charge in [0.1, 0.15) is 6.61 Å². The molecule has 3 aromatic rings. The fourth-order valence-corrected chi connectivity index (χ4v) is 5.58. The van der Waals surface area contributed by atoms with Crippen molar-refractivity contribution < 1.29 is 9.53 Å². The Morgan fingerprint density at radius 3 is 2.83 bits per heavy atom. The molecular weight excluding hydrogens is 458 g/mol. The largest absolute Gasteiger partial charge is 0.462 e. The van der Waals surface area contributed by atoms with Crippen molar-refractivity contribution in [3.63, 3.8) is 0 Å². The van der Waals surface area contributed by atoms with Crippen LogP contribution in [0.15, 0.2) is 18.3 Å². The number of pyridine rings is 1. The van der Waals surface area contributed by atoms with Gasteiger partial charge in [-0.15, -0.1) is 0 Å². The molecule has 3 aliphatic carbocycles. The third-order valence-corrected chi connectivity index (χ3v) is 8.29. The van der Waals surface area contributed by atoms with Gasteiger partial charge in [-0.25, -0.2) is 4.98 Å². The molecule has 1 amide bonds. The highest BCUT2D eigenvalue weighted by atomic mass is 16.5. The fourth-order valence-electron chi connectivity index (χ4n) is 5.58. The molecule has 3 saturated carbocycles. The van der Waals surface area contributed by atoms with E-state index in [1.165, 1.54) is 6.42 Å². The predicted molar refractivity (Wildman–Crippen MR) is 128 cm³/mol. The molecule has 36 heavy (non-hydrogen) atoms. The number of carbonyl (C=O) groups is 1. The minimum atomic E-state index is -0.456. The van der Waals surface area contributed by atoms with Crippen molar-refractivity contribution in [1.82, 2.24) is 35.5 Å². The number of hydrogen-bond acceptors (Lipinski definition) is 9. The zero-order valence-corrected chi connectivity index (χ0v) is 19.9. The molecule has 11 heteroatoms. The second-order valence-corrected chi connectivity index (χ2v) is 10.7. The summed E-state index contributed by atoms with van der Waals surface area (Å²) in [5, 5.41) is 21.1. The van der Waals surface area contributed by atoms with Crippen LogP contribution in [0, 0.1) is 28.6 Å². The summed E-state index contributed by atoms with van der Waals surface area (Å²) in [4.78, 5) is 32.8. The minimum absolute atomic E-state index is 0.0775. The van der Waals surface area contributed by atoms with Crippen LogP contribution in [0.3, 0.4) is 0 Å². The Balaban J connectivity index is 1.09. The lowest BCUT2D eigenvalue weighted by Gasteiger charge is -2.32. The average Bonchev–Trinajstić information content (AvgIpc) is 3.79. The summed E-state index contributed by atoms with van der Waals surface area (Å²) in [6.07, 6.45) is 7.38. The van der Waals surface area contributed by atoms with Crippen LogP contribution in [0.2, 0.25) is 0 Å². The molecule has 3 aromatic heterocycles. The predicted octanol–water partition coefficient (Wildman–Crippen LogP) is 2.35. The van der Waals surface area contributed by atoms with Crippen molar-refractivity contribution in [2.24, 2.45) is 17.3 Å². The van der Waals surface area contributed by atoms with Crippen LogP contribution in [0.4, 0.5) is 5.95 Å². The van der Waals surface area contributed by atoms with E-state index in [1.807, 2.05) is 12.1 Å². The van der Waals surface area contributed by atoms with E-state index in [4.69, 9.17) is 4.74 Å². The Kier molecular flexibility index (Phi) is 4.84. The number of ether oxygens (including phenoxy) is 1. The second-order valence-electron chi connectivity index (χ2n) is 10.7. The number of H-pyrrole nitrogens is 1. The molecule has 2 N–H and O–H groups in total. The normalized spacial score (nSPS) is 26.0. The van der Waals surface area contributed by atoms with E-state index in [2.05, 4.69) is 46.4 Å². The summed E-state index contributed by atoms with van der Waals surface area (Å²) in [6, 6.07) is 6.63. The maximum atomic E-state index is 13.0. The number of aromatic nitrogens is 6. The van der Waals surface area contributed by atoms with Gasteiger partial charge in [0.15, 0.2) is 5.65 Å². The first-order valence-corrected chi connectivity index (χ1v) is 12.8. The third-order valence-electron chi connectivity index (χ3n) is 8.29. The van der Waals surface area contributed by atoms with Crippen LogP contribution in [0.5, 0.6) is 6.01 Å². The lowest BCUT2D eigenvalue weighted by Crippen LogP contribution is -2.43. The Morgan fingerprint density at radius 2 is 2.11 bits per heavy atom. The number of nitriles is 1. The molecule has 7 rings (SSSR count). The molecular formula is C25H27N9O2. The number of anilines is 1. The van der Waals surface area contributed by atoms with Gasteiger partial charge in [-0.1, -0.05) is 0 Å². The Hall–Kier alpha value is -3.81. The number of nitrogens with one attached hydrogen (secondary N) is 2. The Morgan fingerprint density at radius 1 is 1.25 bits per heavy atom. The first-order valence-electron chi connectivity index (χ1n) is 12.8. The first-order chi connectivity index (χ1) is 17.6. The fraction of sp³-hybridized carbons (Fsp3) is 0.560. The number of fused-ring (bicyclic) bond motifs is 2. The lowest BCUT2D eigenvalue weighted by atomic mass is 9.92. The van der Waals surface area contributed by atoms with Crippen LogP contribution in [-0.2, 0) is 0 Å². The lowest BCUT2D eigenvalue weighted by molar-refractivity contribution is 0.0898. The summed E-state index contributed by atoms with van der Waals surface area (Å²) in [7, 11) is 0. The molecule has 4 heterocycles. The molecule has 0 aromatic carbocycles. The van der Waals surface area contributed by atoms with E-state index in [9.17, 15) is 10.1 Å². The highest BCUT2D eigenvalue weighted by Crippen LogP contribution is 2.55. The van der Waals surface area contributed by atoms with Crippen LogP contribution < -0.4 is 15.0 Å². The molecule has 3 unspecified atom stereocenters. The van der Waals surface area contributed by atoms with Gasteiger partial charge < -0.3 is 15.0 Å². The highest BCUT2D eigenvalue weighted by molar-refractivity contribution is 5.91. The summed E-state index contributed by atoms with van der Waals surface area (Å²) >= 11 is 0. The molecule has 4 aliphatic rings. The topological polar surface area (TPSA) is 146 Å². The minimum Gasteiger partial charge on any atom is -0.462 e. The number of aromatic amines is 1. The number of carbonyl (C=O) groups excluding carboxylic acids is 1. The van der Waals surface area contributed by atoms with E-state index >= 15 is 0 Å². The quantitative estimate of drug-likeness (QED) is 0.515. The first kappa shape index (κ1) is 21.5. The van der Waals surface area contributed by atoms with E-state index in [0.717, 1.165) is 67.8 Å². The van der Waals surface area contributed by atoms with Gasteiger partial charge in [0.05, 0.1) is 11.5 Å².